The molecule has 0 aromatic heterocycles. The number of nitrogens with one attached hydrogen (secondary N) is 1. The van der Waals surface area contributed by atoms with E-state index in [9.17, 15) is 0 Å². The molecule has 0 atom stereocenters. The highest BCUT2D eigenvalue weighted by Gasteiger charge is 2.13. The van der Waals surface area contributed by atoms with Gasteiger partial charge in [0.05, 0.1) is 0 Å². The number of rotatable bonds is 6. The van der Waals surface area contributed by atoms with Crippen LogP contribution in [-0.4, -0.2) is 6.54 Å². The smallest absolute Gasteiger partial charge is 0.0465 e. The first-order chi connectivity index (χ1) is 8.77. The maximum atomic E-state index is 6.12. The van der Waals surface area contributed by atoms with Crippen molar-refractivity contribution in [3.8, 4) is 0 Å². The Balaban J connectivity index is 1.65. The lowest BCUT2D eigenvalue weighted by molar-refractivity contribution is 0.470. The quantitative estimate of drug-likeness (QED) is 0.721. The zero-order valence-corrected chi connectivity index (χ0v) is 12.2. The second kappa shape index (κ2) is 7.37. The molecule has 0 heterocycles. The van der Waals surface area contributed by atoms with E-state index in [4.69, 9.17) is 23.2 Å². The van der Waals surface area contributed by atoms with E-state index in [-0.39, 0.29) is 0 Å². The van der Waals surface area contributed by atoms with Crippen LogP contribution in [0.1, 0.15) is 44.1 Å². The standard InChI is InChI=1S/C15H21Cl2N/c16-14-8-3-9-15(17)13(14)11-18-10-4-7-12-5-1-2-6-12/h3,8-9,12,18H,1-2,4-7,10-11H2. The Labute approximate surface area is 120 Å². The van der Waals surface area contributed by atoms with Crippen molar-refractivity contribution in [1.82, 2.24) is 5.32 Å². The molecule has 0 saturated heterocycles. The van der Waals surface area contributed by atoms with Gasteiger partial charge < -0.3 is 5.32 Å². The third-order valence-corrected chi connectivity index (χ3v) is 4.51. The second-order valence-electron chi connectivity index (χ2n) is 5.17. The largest absolute Gasteiger partial charge is 0.313 e. The van der Waals surface area contributed by atoms with E-state index in [1.165, 1.54) is 38.5 Å². The summed E-state index contributed by atoms with van der Waals surface area (Å²) in [5.74, 6) is 0.982. The molecular weight excluding hydrogens is 265 g/mol. The van der Waals surface area contributed by atoms with Crippen molar-refractivity contribution in [2.75, 3.05) is 6.54 Å². The fraction of sp³-hybridized carbons (Fsp3) is 0.600. The summed E-state index contributed by atoms with van der Waals surface area (Å²) >= 11 is 12.2. The molecule has 0 unspecified atom stereocenters. The molecule has 100 valence electrons. The van der Waals surface area contributed by atoms with E-state index in [1.54, 1.807) is 0 Å². The van der Waals surface area contributed by atoms with Crippen LogP contribution in [0.15, 0.2) is 18.2 Å². The molecule has 1 aliphatic carbocycles. The van der Waals surface area contributed by atoms with Crippen molar-refractivity contribution in [3.63, 3.8) is 0 Å². The normalized spacial score (nSPS) is 16.3. The molecule has 2 rings (SSSR count). The van der Waals surface area contributed by atoms with Crippen molar-refractivity contribution in [3.05, 3.63) is 33.8 Å². The van der Waals surface area contributed by atoms with Crippen molar-refractivity contribution in [2.45, 2.75) is 45.1 Å². The molecule has 0 aliphatic heterocycles. The van der Waals surface area contributed by atoms with Gasteiger partial charge in [-0.05, 0) is 37.4 Å². The van der Waals surface area contributed by atoms with Crippen LogP contribution >= 0.6 is 23.2 Å². The topological polar surface area (TPSA) is 12.0 Å². The molecule has 3 heteroatoms. The summed E-state index contributed by atoms with van der Waals surface area (Å²) < 4.78 is 0. The third kappa shape index (κ3) is 4.15. The van der Waals surface area contributed by atoms with E-state index >= 15 is 0 Å². The minimum Gasteiger partial charge on any atom is -0.313 e. The molecule has 1 N–H and O–H groups in total. The summed E-state index contributed by atoms with van der Waals surface area (Å²) in [4.78, 5) is 0. The van der Waals surface area contributed by atoms with Gasteiger partial charge in [-0.2, -0.15) is 0 Å². The molecule has 1 aromatic rings. The molecule has 0 radical (unpaired) electrons. The van der Waals surface area contributed by atoms with Gasteiger partial charge in [0, 0.05) is 22.2 Å². The van der Waals surface area contributed by atoms with E-state index in [0.29, 0.717) is 0 Å². The van der Waals surface area contributed by atoms with Crippen LogP contribution in [0, 0.1) is 5.92 Å². The first-order valence-corrected chi connectivity index (χ1v) is 7.66. The molecule has 1 saturated carbocycles. The predicted octanol–water partition coefficient (Wildman–Crippen LogP) is 5.05. The van der Waals surface area contributed by atoms with Gasteiger partial charge in [0.2, 0.25) is 0 Å². The Morgan fingerprint density at radius 2 is 1.78 bits per heavy atom. The maximum absolute atomic E-state index is 6.12. The van der Waals surface area contributed by atoms with Crippen molar-refractivity contribution >= 4 is 23.2 Å². The highest BCUT2D eigenvalue weighted by molar-refractivity contribution is 6.35. The second-order valence-corrected chi connectivity index (χ2v) is 5.98. The highest BCUT2D eigenvalue weighted by Crippen LogP contribution is 2.28. The average molecular weight is 286 g/mol. The lowest BCUT2D eigenvalue weighted by Crippen LogP contribution is -2.16. The van der Waals surface area contributed by atoms with Gasteiger partial charge in [-0.3, -0.25) is 0 Å². The molecule has 1 fully saturated rings. The van der Waals surface area contributed by atoms with Gasteiger partial charge in [0.25, 0.3) is 0 Å². The Morgan fingerprint density at radius 1 is 1.11 bits per heavy atom. The average Bonchev–Trinajstić information content (AvgIpc) is 2.85. The van der Waals surface area contributed by atoms with Gasteiger partial charge >= 0.3 is 0 Å². The summed E-state index contributed by atoms with van der Waals surface area (Å²) in [5.41, 5.74) is 1.02. The lowest BCUT2D eigenvalue weighted by atomic mass is 10.0. The van der Waals surface area contributed by atoms with E-state index in [0.717, 1.165) is 34.6 Å². The molecule has 0 bridgehead atoms. The van der Waals surface area contributed by atoms with Crippen LogP contribution in [0.2, 0.25) is 10.0 Å². The number of benzene rings is 1. The van der Waals surface area contributed by atoms with Gasteiger partial charge in [0.1, 0.15) is 0 Å². The van der Waals surface area contributed by atoms with E-state index in [1.807, 2.05) is 18.2 Å². The Kier molecular flexibility index (Phi) is 5.81. The van der Waals surface area contributed by atoms with Crippen LogP contribution in [0.25, 0.3) is 0 Å². The Hall–Kier alpha value is -0.240. The molecule has 1 aliphatic rings. The van der Waals surface area contributed by atoms with Crippen LogP contribution < -0.4 is 5.32 Å². The molecule has 1 aromatic carbocycles. The lowest BCUT2D eigenvalue weighted by Gasteiger charge is -2.10. The van der Waals surface area contributed by atoms with E-state index in [2.05, 4.69) is 5.32 Å². The summed E-state index contributed by atoms with van der Waals surface area (Å²) in [6, 6.07) is 5.67. The highest BCUT2D eigenvalue weighted by atomic mass is 35.5. The zero-order chi connectivity index (χ0) is 12.8. The molecule has 18 heavy (non-hydrogen) atoms. The Morgan fingerprint density at radius 3 is 2.44 bits per heavy atom. The van der Waals surface area contributed by atoms with Gasteiger partial charge in [0.15, 0.2) is 0 Å². The number of hydrogen-bond acceptors (Lipinski definition) is 1. The third-order valence-electron chi connectivity index (χ3n) is 3.80. The molecule has 0 amide bonds. The van der Waals surface area contributed by atoms with Crippen molar-refractivity contribution in [2.24, 2.45) is 5.92 Å². The van der Waals surface area contributed by atoms with E-state index < -0.39 is 0 Å². The van der Waals surface area contributed by atoms with Crippen molar-refractivity contribution < 1.29 is 0 Å². The summed E-state index contributed by atoms with van der Waals surface area (Å²) in [6.45, 7) is 1.82. The SMILES string of the molecule is Clc1cccc(Cl)c1CNCCCC1CCCC1. The summed E-state index contributed by atoms with van der Waals surface area (Å²) in [6.07, 6.45) is 8.38. The minimum absolute atomic E-state index is 0.755. The predicted molar refractivity (Wildman–Crippen MR) is 79.4 cm³/mol. The Bertz CT molecular complexity index is 353. The van der Waals surface area contributed by atoms with Gasteiger partial charge in [-0.25, -0.2) is 0 Å². The molecule has 1 nitrogen and oxygen atoms in total. The first kappa shape index (κ1) is 14.2. The maximum Gasteiger partial charge on any atom is 0.0465 e. The fourth-order valence-electron chi connectivity index (χ4n) is 2.73. The van der Waals surface area contributed by atoms with Crippen LogP contribution in [0.5, 0.6) is 0 Å². The summed E-state index contributed by atoms with van der Waals surface area (Å²) in [5, 5.41) is 4.95. The molecule has 0 spiro atoms. The van der Waals surface area contributed by atoms with Gasteiger partial charge in [-0.15, -0.1) is 0 Å². The summed E-state index contributed by atoms with van der Waals surface area (Å²) in [7, 11) is 0. The van der Waals surface area contributed by atoms with Crippen LogP contribution in [0.4, 0.5) is 0 Å². The van der Waals surface area contributed by atoms with Crippen LogP contribution in [0.3, 0.4) is 0 Å². The molecular formula is C15H21Cl2N. The number of halogens is 2. The zero-order valence-electron chi connectivity index (χ0n) is 10.7. The monoisotopic (exact) mass is 285 g/mol. The van der Waals surface area contributed by atoms with Crippen molar-refractivity contribution in [1.29, 1.82) is 0 Å². The minimum atomic E-state index is 0.755. The number of hydrogen-bond donors (Lipinski definition) is 1. The van der Waals surface area contributed by atoms with Crippen LogP contribution in [-0.2, 0) is 6.54 Å². The first-order valence-electron chi connectivity index (χ1n) is 6.91. The fourth-order valence-corrected chi connectivity index (χ4v) is 3.26. The van der Waals surface area contributed by atoms with Gasteiger partial charge in [-0.1, -0.05) is 55.0 Å².